The predicted molar refractivity (Wildman–Crippen MR) is 136 cm³/mol. The molecule has 0 radical (unpaired) electrons. The van der Waals surface area contributed by atoms with E-state index in [9.17, 15) is 14.4 Å². The molecule has 3 aromatic carbocycles. The van der Waals surface area contributed by atoms with Crippen molar-refractivity contribution >= 4 is 29.2 Å². The second-order valence-electron chi connectivity index (χ2n) is 8.37. The van der Waals surface area contributed by atoms with Crippen molar-refractivity contribution in [3.63, 3.8) is 0 Å². The lowest BCUT2D eigenvalue weighted by molar-refractivity contribution is -0.147. The van der Waals surface area contributed by atoms with E-state index in [4.69, 9.17) is 9.47 Å². The Balaban J connectivity index is 1.41. The maximum atomic E-state index is 12.2. The summed E-state index contributed by atoms with van der Waals surface area (Å²) in [4.78, 5) is 36.3. The molecule has 2 N–H and O–H groups in total. The molecule has 0 heterocycles. The number of rotatable bonds is 9. The van der Waals surface area contributed by atoms with Crippen molar-refractivity contribution < 1.29 is 23.9 Å². The van der Waals surface area contributed by atoms with Crippen molar-refractivity contribution in [3.05, 3.63) is 82.9 Å². The van der Waals surface area contributed by atoms with Crippen LogP contribution in [0.2, 0.25) is 0 Å². The Morgan fingerprint density at radius 3 is 1.86 bits per heavy atom. The van der Waals surface area contributed by atoms with Gasteiger partial charge in [-0.15, -0.1) is 0 Å². The number of amides is 2. The van der Waals surface area contributed by atoms with E-state index in [-0.39, 0.29) is 18.7 Å². The number of carbonyl (C=O) groups is 3. The fourth-order valence-corrected chi connectivity index (χ4v) is 3.53. The van der Waals surface area contributed by atoms with E-state index >= 15 is 0 Å². The van der Waals surface area contributed by atoms with Crippen LogP contribution in [-0.4, -0.2) is 24.4 Å². The van der Waals surface area contributed by atoms with Crippen LogP contribution in [0, 0.1) is 27.7 Å². The number of esters is 1. The molecule has 0 unspecified atom stereocenters. The summed E-state index contributed by atoms with van der Waals surface area (Å²) in [5.41, 5.74) is 5.22. The van der Waals surface area contributed by atoms with Gasteiger partial charge in [0.25, 0.3) is 5.91 Å². The monoisotopic (exact) mass is 474 g/mol. The molecule has 0 fully saturated rings. The zero-order valence-corrected chi connectivity index (χ0v) is 20.4. The summed E-state index contributed by atoms with van der Waals surface area (Å²) in [6, 6.07) is 18.6. The van der Waals surface area contributed by atoms with Gasteiger partial charge in [-0.05, 0) is 74.2 Å². The molecule has 2 amide bonds. The Hall–Kier alpha value is -4.13. The normalized spacial score (nSPS) is 10.4. The zero-order valence-electron chi connectivity index (χ0n) is 20.4. The van der Waals surface area contributed by atoms with Crippen LogP contribution in [0.1, 0.15) is 35.1 Å². The van der Waals surface area contributed by atoms with E-state index in [0.717, 1.165) is 28.0 Å². The molecule has 0 saturated heterocycles. The highest BCUT2D eigenvalue weighted by molar-refractivity contribution is 5.95. The van der Waals surface area contributed by atoms with Gasteiger partial charge in [0.1, 0.15) is 11.5 Å². The highest BCUT2D eigenvalue weighted by Gasteiger charge is 2.13. The highest BCUT2D eigenvalue weighted by atomic mass is 16.5. The Kier molecular flexibility index (Phi) is 8.62. The molecule has 7 nitrogen and oxygen atoms in total. The third kappa shape index (κ3) is 7.43. The van der Waals surface area contributed by atoms with Crippen LogP contribution < -0.4 is 15.4 Å². The summed E-state index contributed by atoms with van der Waals surface area (Å²) >= 11 is 0. The van der Waals surface area contributed by atoms with Gasteiger partial charge >= 0.3 is 5.97 Å². The second kappa shape index (κ2) is 11.8. The molecule has 0 aliphatic rings. The van der Waals surface area contributed by atoms with Crippen LogP contribution in [0.25, 0.3) is 0 Å². The summed E-state index contributed by atoms with van der Waals surface area (Å²) < 4.78 is 11.0. The van der Waals surface area contributed by atoms with E-state index in [1.807, 2.05) is 64.1 Å². The van der Waals surface area contributed by atoms with Gasteiger partial charge in [0.05, 0.1) is 6.42 Å². The van der Waals surface area contributed by atoms with Gasteiger partial charge in [-0.25, -0.2) is 0 Å². The molecule has 3 rings (SSSR count). The summed E-state index contributed by atoms with van der Waals surface area (Å²) in [6.45, 7) is 7.34. The number of hydrogen-bond donors (Lipinski definition) is 2. The number of para-hydroxylation sites is 2. The minimum Gasteiger partial charge on any atom is -0.457 e. The maximum Gasteiger partial charge on any atom is 0.306 e. The van der Waals surface area contributed by atoms with E-state index < -0.39 is 18.5 Å². The maximum absolute atomic E-state index is 12.2. The van der Waals surface area contributed by atoms with Gasteiger partial charge in [-0.1, -0.05) is 36.4 Å². The molecule has 0 aromatic heterocycles. The summed E-state index contributed by atoms with van der Waals surface area (Å²) in [5, 5.41) is 5.49. The molecule has 0 spiro atoms. The molecule has 7 heteroatoms. The number of nitrogens with one attached hydrogen (secondary N) is 2. The molecule has 3 aromatic rings. The largest absolute Gasteiger partial charge is 0.457 e. The fraction of sp³-hybridized carbons (Fsp3) is 0.250. The van der Waals surface area contributed by atoms with Crippen LogP contribution in [0.3, 0.4) is 0 Å². The summed E-state index contributed by atoms with van der Waals surface area (Å²) in [5.74, 6) is 0.0940. The Morgan fingerprint density at radius 2 is 1.26 bits per heavy atom. The molecular weight excluding hydrogens is 444 g/mol. The van der Waals surface area contributed by atoms with Crippen LogP contribution in [0.4, 0.5) is 11.4 Å². The number of carbonyl (C=O) groups excluding carboxylic acids is 3. The number of ether oxygens (including phenoxy) is 2. The van der Waals surface area contributed by atoms with Crippen LogP contribution in [0.15, 0.2) is 60.7 Å². The number of benzene rings is 3. The van der Waals surface area contributed by atoms with Crippen molar-refractivity contribution in [2.45, 2.75) is 40.5 Å². The number of hydrogen-bond acceptors (Lipinski definition) is 5. The topological polar surface area (TPSA) is 93.7 Å². The SMILES string of the molecule is Cc1cccc(C)c1NC(=O)COC(=O)CCC(=O)Nc1ccc(Oc2c(C)cccc2C)cc1. The average Bonchev–Trinajstić information content (AvgIpc) is 2.82. The Bertz CT molecular complexity index is 1180. The van der Waals surface area contributed by atoms with E-state index in [1.165, 1.54) is 0 Å². The van der Waals surface area contributed by atoms with Crippen molar-refractivity contribution in [2.24, 2.45) is 0 Å². The minimum absolute atomic E-state index is 0.0575. The lowest BCUT2D eigenvalue weighted by Crippen LogP contribution is -2.22. The van der Waals surface area contributed by atoms with Crippen molar-refractivity contribution in [1.29, 1.82) is 0 Å². The lowest BCUT2D eigenvalue weighted by Gasteiger charge is -2.12. The van der Waals surface area contributed by atoms with Gasteiger partial charge in [0.2, 0.25) is 5.91 Å². The van der Waals surface area contributed by atoms with Crippen molar-refractivity contribution in [2.75, 3.05) is 17.2 Å². The minimum atomic E-state index is -0.617. The Morgan fingerprint density at radius 1 is 0.686 bits per heavy atom. The van der Waals surface area contributed by atoms with Gasteiger partial charge < -0.3 is 20.1 Å². The molecular formula is C28H30N2O5. The van der Waals surface area contributed by atoms with Gasteiger partial charge in [0, 0.05) is 17.8 Å². The Labute approximate surface area is 205 Å². The lowest BCUT2D eigenvalue weighted by atomic mass is 10.1. The summed E-state index contributed by atoms with van der Waals surface area (Å²) in [6.07, 6.45) is -0.186. The predicted octanol–water partition coefficient (Wildman–Crippen LogP) is 5.61. The van der Waals surface area contributed by atoms with Crippen molar-refractivity contribution in [1.82, 2.24) is 0 Å². The van der Waals surface area contributed by atoms with Crippen LogP contribution >= 0.6 is 0 Å². The van der Waals surface area contributed by atoms with E-state index in [2.05, 4.69) is 10.6 Å². The van der Waals surface area contributed by atoms with E-state index in [0.29, 0.717) is 17.1 Å². The molecule has 0 aliphatic carbocycles. The van der Waals surface area contributed by atoms with Gasteiger partial charge in [0.15, 0.2) is 6.61 Å². The third-order valence-electron chi connectivity index (χ3n) is 5.43. The molecule has 35 heavy (non-hydrogen) atoms. The second-order valence-corrected chi connectivity index (χ2v) is 8.37. The standard InChI is InChI=1S/C28H30N2O5/c1-18-7-5-8-19(2)27(18)30-25(32)17-34-26(33)16-15-24(31)29-22-11-13-23(14-12-22)35-28-20(3)9-6-10-21(28)4/h5-14H,15-17H2,1-4H3,(H,29,31)(H,30,32). The molecule has 0 saturated carbocycles. The van der Waals surface area contributed by atoms with E-state index in [1.54, 1.807) is 24.3 Å². The molecule has 0 bridgehead atoms. The van der Waals surface area contributed by atoms with Crippen LogP contribution in [-0.2, 0) is 19.1 Å². The van der Waals surface area contributed by atoms with Crippen molar-refractivity contribution in [3.8, 4) is 11.5 Å². The van der Waals surface area contributed by atoms with Gasteiger partial charge in [-0.3, -0.25) is 14.4 Å². The first kappa shape index (κ1) is 25.5. The quantitative estimate of drug-likeness (QED) is 0.393. The first-order valence-corrected chi connectivity index (χ1v) is 11.4. The number of anilines is 2. The average molecular weight is 475 g/mol. The zero-order chi connectivity index (χ0) is 25.4. The molecule has 182 valence electrons. The smallest absolute Gasteiger partial charge is 0.306 e. The molecule has 0 aliphatic heterocycles. The third-order valence-corrected chi connectivity index (χ3v) is 5.43. The first-order chi connectivity index (χ1) is 16.7. The fourth-order valence-electron chi connectivity index (χ4n) is 3.53. The highest BCUT2D eigenvalue weighted by Crippen LogP contribution is 2.29. The van der Waals surface area contributed by atoms with Crippen LogP contribution in [0.5, 0.6) is 11.5 Å². The summed E-state index contributed by atoms with van der Waals surface area (Å²) in [7, 11) is 0. The number of aryl methyl sites for hydroxylation is 4. The van der Waals surface area contributed by atoms with Gasteiger partial charge in [-0.2, -0.15) is 0 Å². The molecule has 0 atom stereocenters. The first-order valence-electron chi connectivity index (χ1n) is 11.4.